The molecule has 1 atom stereocenters. The maximum absolute atomic E-state index is 13.8. The molecule has 0 spiro atoms. The van der Waals surface area contributed by atoms with E-state index in [-0.39, 0.29) is 23.7 Å². The van der Waals surface area contributed by atoms with Crippen molar-refractivity contribution in [2.45, 2.75) is 32.7 Å². The molecule has 1 aromatic rings. The monoisotopic (exact) mass is 377 g/mol. The van der Waals surface area contributed by atoms with E-state index in [0.717, 1.165) is 38.4 Å². The summed E-state index contributed by atoms with van der Waals surface area (Å²) in [7, 11) is 3.64. The van der Waals surface area contributed by atoms with E-state index >= 15 is 0 Å². The first-order valence-corrected chi connectivity index (χ1v) is 9.64. The highest BCUT2D eigenvalue weighted by Gasteiger charge is 2.27. The van der Waals surface area contributed by atoms with Gasteiger partial charge in [-0.15, -0.1) is 0 Å². The highest BCUT2D eigenvalue weighted by atomic mass is 19.1. The Labute approximate surface area is 161 Å². The molecule has 1 aliphatic heterocycles. The number of hydrogen-bond donors (Lipinski definition) is 2. The van der Waals surface area contributed by atoms with Gasteiger partial charge in [-0.2, -0.15) is 0 Å². The van der Waals surface area contributed by atoms with Crippen LogP contribution in [0.5, 0.6) is 0 Å². The Balaban J connectivity index is 1.70. The number of halogens is 1. The Morgan fingerprint density at radius 1 is 1.41 bits per heavy atom. The molecule has 1 unspecified atom stereocenters. The van der Waals surface area contributed by atoms with Crippen molar-refractivity contribution in [1.82, 2.24) is 15.5 Å². The number of para-hydroxylation sites is 1. The van der Waals surface area contributed by atoms with Crippen LogP contribution >= 0.6 is 0 Å². The summed E-state index contributed by atoms with van der Waals surface area (Å²) < 4.78 is 13.8. The second-order valence-corrected chi connectivity index (χ2v) is 7.29. The number of aliphatic imine (C=N–C) groups is 1. The quantitative estimate of drug-likeness (QED) is 0.434. The molecule has 1 aliphatic rings. The number of anilines is 1. The van der Waals surface area contributed by atoms with Gasteiger partial charge in [0.25, 0.3) is 0 Å². The van der Waals surface area contributed by atoms with Gasteiger partial charge in [-0.3, -0.25) is 9.79 Å². The van der Waals surface area contributed by atoms with Crippen molar-refractivity contribution in [3.63, 3.8) is 0 Å². The van der Waals surface area contributed by atoms with E-state index in [2.05, 4.69) is 15.6 Å². The Kier molecular flexibility index (Phi) is 7.88. The molecule has 0 bridgehead atoms. The molecule has 150 valence electrons. The molecule has 1 fully saturated rings. The van der Waals surface area contributed by atoms with Gasteiger partial charge in [-0.05, 0) is 25.0 Å². The zero-order valence-corrected chi connectivity index (χ0v) is 16.8. The van der Waals surface area contributed by atoms with Gasteiger partial charge in [0, 0.05) is 52.2 Å². The highest BCUT2D eigenvalue weighted by Crippen LogP contribution is 2.17. The maximum atomic E-state index is 13.8. The number of likely N-dealkylation sites (tertiary alicyclic amines) is 1. The average Bonchev–Trinajstić information content (AvgIpc) is 3.12. The summed E-state index contributed by atoms with van der Waals surface area (Å²) in [5.74, 6) is 0.783. The topological polar surface area (TPSA) is 60.0 Å². The van der Waals surface area contributed by atoms with Gasteiger partial charge >= 0.3 is 0 Å². The van der Waals surface area contributed by atoms with Crippen molar-refractivity contribution in [3.8, 4) is 0 Å². The van der Waals surface area contributed by atoms with Crippen molar-refractivity contribution >= 4 is 17.6 Å². The molecule has 1 amide bonds. The fourth-order valence-electron chi connectivity index (χ4n) is 3.24. The van der Waals surface area contributed by atoms with Crippen LogP contribution in [-0.4, -0.2) is 63.1 Å². The van der Waals surface area contributed by atoms with Crippen LogP contribution in [0.25, 0.3) is 0 Å². The van der Waals surface area contributed by atoms with Crippen LogP contribution in [0.2, 0.25) is 0 Å². The predicted molar refractivity (Wildman–Crippen MR) is 109 cm³/mol. The van der Waals surface area contributed by atoms with Crippen molar-refractivity contribution in [3.05, 3.63) is 30.1 Å². The van der Waals surface area contributed by atoms with E-state index in [9.17, 15) is 9.18 Å². The average molecular weight is 378 g/mol. The van der Waals surface area contributed by atoms with E-state index in [1.165, 1.54) is 6.07 Å². The summed E-state index contributed by atoms with van der Waals surface area (Å²) in [5, 5.41) is 6.69. The van der Waals surface area contributed by atoms with Gasteiger partial charge in [0.2, 0.25) is 5.91 Å². The minimum Gasteiger partial charge on any atom is -0.372 e. The van der Waals surface area contributed by atoms with Crippen LogP contribution < -0.4 is 15.5 Å². The Morgan fingerprint density at radius 3 is 2.81 bits per heavy atom. The number of guanidine groups is 1. The SMILES string of the molecule is CN=C(NCCCN(C)c1ccccc1F)NC1CCN(C(=O)C(C)C)C1. The lowest BCUT2D eigenvalue weighted by molar-refractivity contribution is -0.133. The summed E-state index contributed by atoms with van der Waals surface area (Å²) in [4.78, 5) is 20.2. The molecule has 0 radical (unpaired) electrons. The van der Waals surface area contributed by atoms with Crippen molar-refractivity contribution in [1.29, 1.82) is 0 Å². The van der Waals surface area contributed by atoms with Gasteiger partial charge in [0.15, 0.2) is 5.96 Å². The van der Waals surface area contributed by atoms with Gasteiger partial charge in [0.1, 0.15) is 5.82 Å². The number of benzene rings is 1. The third kappa shape index (κ3) is 6.12. The fourth-order valence-corrected chi connectivity index (χ4v) is 3.24. The van der Waals surface area contributed by atoms with Gasteiger partial charge in [-0.25, -0.2) is 4.39 Å². The molecule has 2 rings (SSSR count). The predicted octanol–water partition coefficient (Wildman–Crippen LogP) is 2.07. The molecule has 1 saturated heterocycles. The molecule has 2 N–H and O–H groups in total. The number of carbonyl (C=O) groups is 1. The number of nitrogens with zero attached hydrogens (tertiary/aromatic N) is 3. The first kappa shape index (κ1) is 21.0. The molecular weight excluding hydrogens is 345 g/mol. The molecule has 1 heterocycles. The smallest absolute Gasteiger partial charge is 0.225 e. The second-order valence-electron chi connectivity index (χ2n) is 7.29. The lowest BCUT2D eigenvalue weighted by atomic mass is 10.2. The first-order chi connectivity index (χ1) is 12.9. The van der Waals surface area contributed by atoms with Gasteiger partial charge in [0.05, 0.1) is 5.69 Å². The fraction of sp³-hybridized carbons (Fsp3) is 0.600. The number of nitrogens with one attached hydrogen (secondary N) is 2. The number of hydrogen-bond acceptors (Lipinski definition) is 3. The molecule has 6 nitrogen and oxygen atoms in total. The molecule has 1 aromatic carbocycles. The third-order valence-electron chi connectivity index (χ3n) is 4.78. The largest absolute Gasteiger partial charge is 0.372 e. The van der Waals surface area contributed by atoms with Crippen LogP contribution in [0.1, 0.15) is 26.7 Å². The van der Waals surface area contributed by atoms with Crippen LogP contribution in [0.4, 0.5) is 10.1 Å². The van der Waals surface area contributed by atoms with Crippen LogP contribution in [0.15, 0.2) is 29.3 Å². The first-order valence-electron chi connectivity index (χ1n) is 9.64. The lowest BCUT2D eigenvalue weighted by Crippen LogP contribution is -2.45. The molecular formula is C20H32FN5O. The zero-order valence-electron chi connectivity index (χ0n) is 16.8. The molecule has 7 heteroatoms. The van der Waals surface area contributed by atoms with Crippen molar-refractivity contribution in [2.75, 3.05) is 45.2 Å². The van der Waals surface area contributed by atoms with E-state index in [0.29, 0.717) is 12.2 Å². The van der Waals surface area contributed by atoms with Crippen molar-refractivity contribution in [2.24, 2.45) is 10.9 Å². The zero-order chi connectivity index (χ0) is 19.8. The minimum absolute atomic E-state index is 0.0348. The Bertz CT molecular complexity index is 649. The molecule has 0 aromatic heterocycles. The van der Waals surface area contributed by atoms with E-state index < -0.39 is 0 Å². The number of amides is 1. The van der Waals surface area contributed by atoms with Crippen LogP contribution in [0.3, 0.4) is 0 Å². The highest BCUT2D eigenvalue weighted by molar-refractivity contribution is 5.81. The number of carbonyl (C=O) groups excluding carboxylic acids is 1. The number of rotatable bonds is 7. The van der Waals surface area contributed by atoms with Gasteiger partial charge in [-0.1, -0.05) is 26.0 Å². The van der Waals surface area contributed by atoms with Crippen LogP contribution in [-0.2, 0) is 4.79 Å². The van der Waals surface area contributed by atoms with Crippen molar-refractivity contribution < 1.29 is 9.18 Å². The summed E-state index contributed by atoms with van der Waals surface area (Å²) >= 11 is 0. The normalized spacial score (nSPS) is 17.3. The van der Waals surface area contributed by atoms with E-state index in [4.69, 9.17) is 0 Å². The Morgan fingerprint density at radius 2 is 2.15 bits per heavy atom. The molecule has 27 heavy (non-hydrogen) atoms. The van der Waals surface area contributed by atoms with E-state index in [1.54, 1.807) is 19.2 Å². The van der Waals surface area contributed by atoms with Crippen LogP contribution in [0, 0.1) is 11.7 Å². The lowest BCUT2D eigenvalue weighted by Gasteiger charge is -2.21. The Hall–Kier alpha value is -2.31. The summed E-state index contributed by atoms with van der Waals surface area (Å²) in [6, 6.07) is 7.02. The standard InChI is InChI=1S/C20H32FN5O/c1-15(2)19(27)26-13-10-16(14-26)24-20(22-3)23-11-7-12-25(4)18-9-6-5-8-17(18)21/h5-6,8-9,15-16H,7,10-14H2,1-4H3,(H2,22,23,24). The second kappa shape index (κ2) is 10.1. The molecule has 0 aliphatic carbocycles. The molecule has 0 saturated carbocycles. The van der Waals surface area contributed by atoms with Gasteiger partial charge < -0.3 is 20.4 Å². The summed E-state index contributed by atoms with van der Waals surface area (Å²) in [6.07, 6.45) is 1.78. The minimum atomic E-state index is -0.202. The summed E-state index contributed by atoms with van der Waals surface area (Å²) in [5.41, 5.74) is 0.612. The third-order valence-corrected chi connectivity index (χ3v) is 4.78. The maximum Gasteiger partial charge on any atom is 0.225 e. The van der Waals surface area contributed by atoms with E-state index in [1.807, 2.05) is 36.8 Å². The summed E-state index contributed by atoms with van der Waals surface area (Å²) in [6.45, 7) is 6.85.